The van der Waals surface area contributed by atoms with Crippen molar-refractivity contribution in [3.8, 4) is 0 Å². The zero-order valence-electron chi connectivity index (χ0n) is 10.8. The van der Waals surface area contributed by atoms with Gasteiger partial charge < -0.3 is 10.0 Å². The highest BCUT2D eigenvalue weighted by molar-refractivity contribution is 5.82. The first-order valence-corrected chi connectivity index (χ1v) is 6.50. The molecule has 0 unspecified atom stereocenters. The lowest BCUT2D eigenvalue weighted by molar-refractivity contribution is 0.0880. The Morgan fingerprint density at radius 1 is 1.25 bits per heavy atom. The predicted octanol–water partition coefficient (Wildman–Crippen LogP) is 2.40. The fraction of sp³-hybridized carbons (Fsp3) is 0.923. The zero-order chi connectivity index (χ0) is 11.8. The second-order valence-corrected chi connectivity index (χ2v) is 5.86. The average Bonchev–Trinajstić information content (AvgIpc) is 2.95. The lowest BCUT2D eigenvalue weighted by Crippen LogP contribution is -2.40. The van der Waals surface area contributed by atoms with Crippen LogP contribution in [0, 0.1) is 5.41 Å². The highest BCUT2D eigenvalue weighted by atomic mass is 16.3. The Hall–Kier alpha value is -0.570. The molecule has 0 aromatic heterocycles. The summed E-state index contributed by atoms with van der Waals surface area (Å²) in [5.74, 6) is 1.07. The van der Waals surface area contributed by atoms with Gasteiger partial charge in [-0.1, -0.05) is 6.92 Å². The van der Waals surface area contributed by atoms with Crippen LogP contribution in [0.4, 0.5) is 0 Å². The van der Waals surface area contributed by atoms with Gasteiger partial charge in [0, 0.05) is 19.5 Å². The van der Waals surface area contributed by atoms with Crippen LogP contribution in [0.5, 0.6) is 0 Å². The molecule has 0 aromatic rings. The zero-order valence-corrected chi connectivity index (χ0v) is 10.8. The van der Waals surface area contributed by atoms with Crippen LogP contribution in [0.2, 0.25) is 0 Å². The SMILES string of the molecule is CC/C(=N\C(C)(C)O)N1CCC2(CC1)CC2. The second kappa shape index (κ2) is 4.02. The molecule has 2 fully saturated rings. The fourth-order valence-corrected chi connectivity index (χ4v) is 2.61. The van der Waals surface area contributed by atoms with Gasteiger partial charge in [0.15, 0.2) is 5.72 Å². The van der Waals surface area contributed by atoms with Crippen LogP contribution in [0.15, 0.2) is 4.99 Å². The minimum atomic E-state index is -0.930. The second-order valence-electron chi connectivity index (χ2n) is 5.86. The lowest BCUT2D eigenvalue weighted by atomic mass is 9.93. The molecular formula is C13H24N2O. The molecule has 1 heterocycles. The van der Waals surface area contributed by atoms with Crippen LogP contribution >= 0.6 is 0 Å². The molecule has 2 aliphatic rings. The number of hydrogen-bond acceptors (Lipinski definition) is 2. The maximum absolute atomic E-state index is 9.75. The van der Waals surface area contributed by atoms with Crippen LogP contribution in [-0.4, -0.2) is 34.7 Å². The van der Waals surface area contributed by atoms with E-state index in [2.05, 4.69) is 16.8 Å². The van der Waals surface area contributed by atoms with Crippen molar-refractivity contribution < 1.29 is 5.11 Å². The Kier molecular flexibility index (Phi) is 2.99. The van der Waals surface area contributed by atoms with Crippen molar-refractivity contribution in [2.45, 2.75) is 58.6 Å². The maximum atomic E-state index is 9.75. The van der Waals surface area contributed by atoms with Crippen LogP contribution in [-0.2, 0) is 0 Å². The molecule has 0 amide bonds. The van der Waals surface area contributed by atoms with E-state index in [0.717, 1.165) is 25.3 Å². The Balaban J connectivity index is 1.97. The van der Waals surface area contributed by atoms with Gasteiger partial charge in [-0.3, -0.25) is 0 Å². The van der Waals surface area contributed by atoms with Gasteiger partial charge in [-0.15, -0.1) is 0 Å². The molecule has 0 radical (unpaired) electrons. The molecule has 3 heteroatoms. The number of likely N-dealkylation sites (tertiary alicyclic amines) is 1. The van der Waals surface area contributed by atoms with Crippen LogP contribution in [0.25, 0.3) is 0 Å². The summed E-state index contributed by atoms with van der Waals surface area (Å²) in [4.78, 5) is 6.78. The first-order valence-electron chi connectivity index (χ1n) is 6.50. The highest BCUT2D eigenvalue weighted by Crippen LogP contribution is 2.53. The summed E-state index contributed by atoms with van der Waals surface area (Å²) in [7, 11) is 0. The highest BCUT2D eigenvalue weighted by Gasteiger charge is 2.44. The Bertz CT molecular complexity index is 277. The standard InChI is InChI=1S/C13H24N2O/c1-4-11(14-12(2,3)16)15-9-7-13(5-6-13)8-10-15/h16H,4-10H2,1-3H3/b14-11+. The quantitative estimate of drug-likeness (QED) is 0.577. The monoisotopic (exact) mass is 224 g/mol. The number of rotatable bonds is 2. The summed E-state index contributed by atoms with van der Waals surface area (Å²) < 4.78 is 0. The summed E-state index contributed by atoms with van der Waals surface area (Å²) in [6.07, 6.45) is 6.42. The van der Waals surface area contributed by atoms with Crippen molar-refractivity contribution in [3.05, 3.63) is 0 Å². The topological polar surface area (TPSA) is 35.8 Å². The minimum absolute atomic E-state index is 0.712. The van der Waals surface area contributed by atoms with Crippen molar-refractivity contribution >= 4 is 5.84 Å². The number of aliphatic imine (C=N–C) groups is 1. The van der Waals surface area contributed by atoms with Gasteiger partial charge in [-0.05, 0) is 44.9 Å². The normalized spacial score (nSPS) is 25.0. The van der Waals surface area contributed by atoms with Crippen molar-refractivity contribution in [1.29, 1.82) is 0 Å². The van der Waals surface area contributed by atoms with Gasteiger partial charge >= 0.3 is 0 Å². The molecule has 1 spiro atoms. The van der Waals surface area contributed by atoms with Gasteiger partial charge in [0.2, 0.25) is 0 Å². The van der Waals surface area contributed by atoms with E-state index in [1.165, 1.54) is 25.7 Å². The third-order valence-corrected chi connectivity index (χ3v) is 3.87. The minimum Gasteiger partial charge on any atom is -0.370 e. The molecule has 3 nitrogen and oxygen atoms in total. The number of hydrogen-bond donors (Lipinski definition) is 1. The fourth-order valence-electron chi connectivity index (χ4n) is 2.61. The smallest absolute Gasteiger partial charge is 0.152 e. The molecule has 1 aliphatic heterocycles. The van der Waals surface area contributed by atoms with E-state index in [9.17, 15) is 5.11 Å². The van der Waals surface area contributed by atoms with E-state index in [1.807, 2.05) is 0 Å². The predicted molar refractivity (Wildman–Crippen MR) is 66.5 cm³/mol. The largest absolute Gasteiger partial charge is 0.370 e. The molecule has 1 aliphatic carbocycles. The Morgan fingerprint density at radius 2 is 1.81 bits per heavy atom. The number of aliphatic hydroxyl groups is 1. The Morgan fingerprint density at radius 3 is 2.19 bits per heavy atom. The molecule has 2 rings (SSSR count). The van der Waals surface area contributed by atoms with Crippen LogP contribution in [0.1, 0.15) is 52.9 Å². The summed E-state index contributed by atoms with van der Waals surface area (Å²) in [5, 5.41) is 9.75. The van der Waals surface area contributed by atoms with E-state index >= 15 is 0 Å². The van der Waals surface area contributed by atoms with Crippen molar-refractivity contribution in [2.75, 3.05) is 13.1 Å². The lowest BCUT2D eigenvalue weighted by Gasteiger charge is -2.35. The molecule has 1 saturated heterocycles. The molecule has 92 valence electrons. The third kappa shape index (κ3) is 2.76. The van der Waals surface area contributed by atoms with E-state index in [4.69, 9.17) is 0 Å². The first kappa shape index (κ1) is 11.9. The van der Waals surface area contributed by atoms with Gasteiger partial charge in [0.1, 0.15) is 5.84 Å². The Labute approximate surface area is 98.6 Å². The van der Waals surface area contributed by atoms with Crippen LogP contribution < -0.4 is 0 Å². The van der Waals surface area contributed by atoms with Gasteiger partial charge in [0.05, 0.1) is 0 Å². The van der Waals surface area contributed by atoms with Crippen molar-refractivity contribution in [3.63, 3.8) is 0 Å². The van der Waals surface area contributed by atoms with Crippen LogP contribution in [0.3, 0.4) is 0 Å². The van der Waals surface area contributed by atoms with Gasteiger partial charge in [-0.2, -0.15) is 0 Å². The summed E-state index contributed by atoms with van der Waals surface area (Å²) in [5.41, 5.74) is -0.218. The maximum Gasteiger partial charge on any atom is 0.152 e. The summed E-state index contributed by atoms with van der Waals surface area (Å²) >= 11 is 0. The van der Waals surface area contributed by atoms with Gasteiger partial charge in [-0.25, -0.2) is 4.99 Å². The average molecular weight is 224 g/mol. The molecule has 1 N–H and O–H groups in total. The number of nitrogens with zero attached hydrogens (tertiary/aromatic N) is 2. The molecule has 1 saturated carbocycles. The molecule has 16 heavy (non-hydrogen) atoms. The van der Waals surface area contributed by atoms with Crippen molar-refractivity contribution in [1.82, 2.24) is 4.90 Å². The third-order valence-electron chi connectivity index (χ3n) is 3.87. The summed E-state index contributed by atoms with van der Waals surface area (Å²) in [6.45, 7) is 7.86. The number of amidine groups is 1. The molecular weight excluding hydrogens is 200 g/mol. The van der Waals surface area contributed by atoms with E-state index < -0.39 is 5.72 Å². The van der Waals surface area contributed by atoms with Gasteiger partial charge in [0.25, 0.3) is 0 Å². The molecule has 0 bridgehead atoms. The number of piperidine rings is 1. The van der Waals surface area contributed by atoms with Crippen molar-refractivity contribution in [2.24, 2.45) is 10.4 Å². The van der Waals surface area contributed by atoms with E-state index in [-0.39, 0.29) is 0 Å². The van der Waals surface area contributed by atoms with E-state index in [0.29, 0.717) is 5.41 Å². The first-order chi connectivity index (χ1) is 7.44. The molecule has 0 aromatic carbocycles. The van der Waals surface area contributed by atoms with E-state index in [1.54, 1.807) is 13.8 Å². The summed E-state index contributed by atoms with van der Waals surface area (Å²) in [6, 6.07) is 0. The molecule has 0 atom stereocenters.